The van der Waals surface area contributed by atoms with Crippen LogP contribution in [0.1, 0.15) is 22.3 Å². The van der Waals surface area contributed by atoms with Crippen molar-refractivity contribution < 1.29 is 13.2 Å². The highest BCUT2D eigenvalue weighted by Crippen LogP contribution is 2.45. The summed E-state index contributed by atoms with van der Waals surface area (Å²) in [6, 6.07) is 56.7. The zero-order valence-electron chi connectivity index (χ0n) is 31.6. The molecule has 3 nitrogen and oxygen atoms in total. The zero-order chi connectivity index (χ0) is 39.7. The van der Waals surface area contributed by atoms with Crippen molar-refractivity contribution in [1.82, 2.24) is 9.13 Å². The number of hydrogen-bond acceptors (Lipinski definition) is 1. The molecule has 2 heterocycles. The number of alkyl halides is 3. The minimum absolute atomic E-state index is 0.00650. The van der Waals surface area contributed by atoms with Crippen LogP contribution in [0.5, 0.6) is 0 Å². The molecule has 10 rings (SSSR count). The van der Waals surface area contributed by atoms with Crippen LogP contribution in [-0.2, 0) is 6.18 Å². The fraction of sp³-hybridized carbons (Fsp3) is 0.0577. The topological polar surface area (TPSA) is 33.6 Å². The van der Waals surface area contributed by atoms with Gasteiger partial charge in [0.05, 0.1) is 50.6 Å². The molecule has 0 aliphatic heterocycles. The summed E-state index contributed by atoms with van der Waals surface area (Å²) in [4.78, 5) is 0. The summed E-state index contributed by atoms with van der Waals surface area (Å²) in [5, 5.41) is 13.6. The Morgan fingerprint density at radius 1 is 0.431 bits per heavy atom. The molecule has 58 heavy (non-hydrogen) atoms. The minimum Gasteiger partial charge on any atom is -0.307 e. The van der Waals surface area contributed by atoms with Gasteiger partial charge < -0.3 is 9.13 Å². The van der Waals surface area contributed by atoms with E-state index in [2.05, 4.69) is 103 Å². The van der Waals surface area contributed by atoms with Crippen molar-refractivity contribution in [2.45, 2.75) is 20.0 Å². The van der Waals surface area contributed by atoms with Crippen molar-refractivity contribution in [2.75, 3.05) is 0 Å². The van der Waals surface area contributed by atoms with E-state index in [1.54, 1.807) is 24.3 Å². The van der Waals surface area contributed by atoms with Crippen LogP contribution < -0.4 is 0 Å². The Kier molecular flexibility index (Phi) is 8.10. The van der Waals surface area contributed by atoms with E-state index in [-0.39, 0.29) is 11.1 Å². The van der Waals surface area contributed by atoms with Crippen LogP contribution in [0.15, 0.2) is 170 Å². The highest BCUT2D eigenvalue weighted by atomic mass is 19.4. The van der Waals surface area contributed by atoms with Crippen molar-refractivity contribution in [2.24, 2.45) is 0 Å². The molecule has 0 aliphatic rings. The van der Waals surface area contributed by atoms with Crippen LogP contribution in [0.25, 0.3) is 88.4 Å². The molecule has 2 aromatic heterocycles. The molecule has 0 amide bonds. The van der Waals surface area contributed by atoms with Gasteiger partial charge in [-0.3, -0.25) is 0 Å². The number of rotatable bonds is 5. The molecule has 0 aliphatic carbocycles. The molecule has 0 unspecified atom stereocenters. The van der Waals surface area contributed by atoms with E-state index < -0.39 is 11.7 Å². The van der Waals surface area contributed by atoms with E-state index in [1.165, 1.54) is 17.7 Å². The Balaban J connectivity index is 1.33. The summed E-state index contributed by atoms with van der Waals surface area (Å²) in [6.07, 6.45) is -4.72. The van der Waals surface area contributed by atoms with Gasteiger partial charge in [-0.15, -0.1) is 0 Å². The number of para-hydroxylation sites is 2. The second-order valence-corrected chi connectivity index (χ2v) is 15.0. The first-order chi connectivity index (χ1) is 28.2. The number of nitriles is 1. The van der Waals surface area contributed by atoms with Crippen molar-refractivity contribution in [3.05, 3.63) is 192 Å². The zero-order valence-corrected chi connectivity index (χ0v) is 31.6. The summed E-state index contributed by atoms with van der Waals surface area (Å²) in [5.41, 5.74) is 10.6. The van der Waals surface area contributed by atoms with Crippen LogP contribution in [0.2, 0.25) is 0 Å². The van der Waals surface area contributed by atoms with Crippen molar-refractivity contribution in [3.63, 3.8) is 0 Å². The van der Waals surface area contributed by atoms with Crippen molar-refractivity contribution >= 4 is 43.6 Å². The van der Waals surface area contributed by atoms with Gasteiger partial charge in [-0.1, -0.05) is 120 Å². The summed E-state index contributed by atoms with van der Waals surface area (Å²) >= 11 is 0. The second-order valence-electron chi connectivity index (χ2n) is 15.0. The Labute approximate surface area is 333 Å². The predicted octanol–water partition coefficient (Wildman–Crippen LogP) is 14.4. The van der Waals surface area contributed by atoms with Crippen LogP contribution in [0.4, 0.5) is 13.2 Å². The molecular formula is C52H34F3N3. The number of fused-ring (bicyclic) bond motifs is 6. The molecule has 8 aromatic carbocycles. The lowest BCUT2D eigenvalue weighted by atomic mass is 9.95. The second kappa shape index (κ2) is 13.4. The third kappa shape index (κ3) is 5.74. The minimum atomic E-state index is -4.72. The maximum Gasteiger partial charge on any atom is 0.417 e. The maximum absolute atomic E-state index is 15.6. The summed E-state index contributed by atoms with van der Waals surface area (Å²) < 4.78 is 50.8. The van der Waals surface area contributed by atoms with Crippen LogP contribution in [0.3, 0.4) is 0 Å². The van der Waals surface area contributed by atoms with Crippen LogP contribution in [0, 0.1) is 25.2 Å². The first kappa shape index (κ1) is 35.1. The van der Waals surface area contributed by atoms with E-state index in [0.717, 1.165) is 71.4 Å². The molecule has 0 spiro atoms. The number of nitrogens with zero attached hydrogens (tertiary/aromatic N) is 3. The van der Waals surface area contributed by atoms with Gasteiger partial charge in [0.2, 0.25) is 0 Å². The molecule has 10 aromatic rings. The highest BCUT2D eigenvalue weighted by Gasteiger charge is 2.36. The first-order valence-electron chi connectivity index (χ1n) is 19.1. The molecule has 0 atom stereocenters. The van der Waals surface area contributed by atoms with Gasteiger partial charge in [0.1, 0.15) is 0 Å². The summed E-state index contributed by atoms with van der Waals surface area (Å²) in [5.74, 6) is 0. The normalized spacial score (nSPS) is 11.9. The third-order valence-corrected chi connectivity index (χ3v) is 11.3. The molecular weight excluding hydrogens is 724 g/mol. The van der Waals surface area contributed by atoms with Crippen LogP contribution >= 0.6 is 0 Å². The van der Waals surface area contributed by atoms with Gasteiger partial charge in [0.15, 0.2) is 0 Å². The lowest BCUT2D eigenvalue weighted by Gasteiger charge is -2.22. The molecule has 0 saturated carbocycles. The molecule has 0 radical (unpaired) electrons. The van der Waals surface area contributed by atoms with E-state index in [0.29, 0.717) is 16.9 Å². The largest absolute Gasteiger partial charge is 0.417 e. The lowest BCUT2D eigenvalue weighted by molar-refractivity contribution is -0.137. The smallest absolute Gasteiger partial charge is 0.307 e. The standard InChI is InChI=1S/C52H34F3N3/c1-32-14-18-35(19-15-32)37-22-24-48-43(27-37)40-10-3-5-12-46(40)57(48)50-29-42(39-9-7-8-34(26-39)31-56)45(52(53,54)55)30-51(50)58-47-13-6-4-11-41(47)44-28-38(23-25-49(44)58)36-20-16-33(2)17-21-36/h3-30H,1-2H3. The fourth-order valence-corrected chi connectivity index (χ4v) is 8.48. The number of halogens is 3. The number of aromatic nitrogens is 2. The Bertz CT molecular complexity index is 3290. The highest BCUT2D eigenvalue weighted by molar-refractivity contribution is 6.13. The monoisotopic (exact) mass is 757 g/mol. The number of hydrogen-bond donors (Lipinski definition) is 0. The van der Waals surface area contributed by atoms with Crippen LogP contribution in [-0.4, -0.2) is 9.13 Å². The van der Waals surface area contributed by atoms with E-state index in [9.17, 15) is 5.26 Å². The molecule has 278 valence electrons. The molecule has 0 fully saturated rings. The van der Waals surface area contributed by atoms with Gasteiger partial charge in [-0.2, -0.15) is 18.4 Å². The van der Waals surface area contributed by atoms with E-state index in [4.69, 9.17) is 0 Å². The van der Waals surface area contributed by atoms with Gasteiger partial charge in [0, 0.05) is 21.5 Å². The summed E-state index contributed by atoms with van der Waals surface area (Å²) in [7, 11) is 0. The quantitative estimate of drug-likeness (QED) is 0.172. The third-order valence-electron chi connectivity index (χ3n) is 11.3. The van der Waals surface area contributed by atoms with Crippen molar-refractivity contribution in [1.29, 1.82) is 5.26 Å². The van der Waals surface area contributed by atoms with E-state index >= 15 is 13.2 Å². The number of benzene rings is 8. The SMILES string of the molecule is Cc1ccc(-c2ccc3c(c2)c2ccccc2n3-c2cc(-c3cccc(C#N)c3)c(C(F)(F)F)cc2-n2c3ccccc3c3cc(-c4ccc(C)cc4)ccc32)cc1. The Morgan fingerprint density at radius 3 is 1.40 bits per heavy atom. The fourth-order valence-electron chi connectivity index (χ4n) is 8.48. The van der Waals surface area contributed by atoms with Gasteiger partial charge in [-0.25, -0.2) is 0 Å². The molecule has 0 bridgehead atoms. The van der Waals surface area contributed by atoms with Gasteiger partial charge in [0.25, 0.3) is 0 Å². The number of aryl methyl sites for hydroxylation is 2. The Morgan fingerprint density at radius 2 is 0.897 bits per heavy atom. The average molecular weight is 758 g/mol. The molecule has 0 N–H and O–H groups in total. The first-order valence-corrected chi connectivity index (χ1v) is 19.1. The Hall–Kier alpha value is -7.36. The van der Waals surface area contributed by atoms with Gasteiger partial charge >= 0.3 is 6.18 Å². The van der Waals surface area contributed by atoms with Crippen molar-refractivity contribution in [3.8, 4) is 50.8 Å². The summed E-state index contributed by atoms with van der Waals surface area (Å²) in [6.45, 7) is 4.12. The van der Waals surface area contributed by atoms with Gasteiger partial charge in [-0.05, 0) is 108 Å². The molecule has 6 heteroatoms. The lowest BCUT2D eigenvalue weighted by Crippen LogP contribution is -2.12. The van der Waals surface area contributed by atoms with E-state index in [1.807, 2.05) is 59.2 Å². The predicted molar refractivity (Wildman–Crippen MR) is 231 cm³/mol. The molecule has 0 saturated heterocycles. The maximum atomic E-state index is 15.6. The average Bonchev–Trinajstić information content (AvgIpc) is 3.75.